The van der Waals surface area contributed by atoms with E-state index in [2.05, 4.69) is 0 Å². The second-order valence-electron chi connectivity index (χ2n) is 3.95. The molecule has 0 N–H and O–H groups in total. The van der Waals surface area contributed by atoms with E-state index in [1.807, 2.05) is 0 Å². The van der Waals surface area contributed by atoms with Crippen LogP contribution in [0.5, 0.6) is 5.75 Å². The van der Waals surface area contributed by atoms with Crippen LogP contribution < -0.4 is 4.74 Å². The number of hydrogen-bond donors (Lipinski definition) is 0. The second kappa shape index (κ2) is 5.71. The molecule has 2 aromatic carbocycles. The van der Waals surface area contributed by atoms with Crippen molar-refractivity contribution in [1.29, 1.82) is 0 Å². The monoisotopic (exact) mass is 291 g/mol. The topological polar surface area (TPSA) is 69.4 Å². The Kier molecular flexibility index (Phi) is 4.00. The smallest absolute Gasteiger partial charge is 0.298 e. The van der Waals surface area contributed by atoms with Crippen LogP contribution in [0.3, 0.4) is 0 Å². The number of methoxy groups -OCH3 is 1. The SMILES string of the molecule is COc1ccc(C(=O)c2cccc(Cl)c2[N+](=O)[O-])cc1. The molecule has 0 aliphatic carbocycles. The van der Waals surface area contributed by atoms with E-state index in [4.69, 9.17) is 16.3 Å². The maximum Gasteiger partial charge on any atom is 0.298 e. The molecular weight excluding hydrogens is 282 g/mol. The van der Waals surface area contributed by atoms with Gasteiger partial charge in [-0.15, -0.1) is 0 Å². The molecule has 5 nitrogen and oxygen atoms in total. The minimum Gasteiger partial charge on any atom is -0.497 e. The zero-order chi connectivity index (χ0) is 14.7. The Morgan fingerprint density at radius 2 is 1.85 bits per heavy atom. The molecule has 0 spiro atoms. The van der Waals surface area contributed by atoms with E-state index in [-0.39, 0.29) is 16.3 Å². The molecular formula is C14H10ClNO4. The third-order valence-electron chi connectivity index (χ3n) is 2.77. The van der Waals surface area contributed by atoms with Crippen LogP contribution in [0.2, 0.25) is 5.02 Å². The summed E-state index contributed by atoms with van der Waals surface area (Å²) in [6, 6.07) is 10.6. The fourth-order valence-corrected chi connectivity index (χ4v) is 2.03. The predicted octanol–water partition coefficient (Wildman–Crippen LogP) is 3.49. The Labute approximate surface area is 119 Å². The molecule has 20 heavy (non-hydrogen) atoms. The van der Waals surface area contributed by atoms with Crippen molar-refractivity contribution in [2.45, 2.75) is 0 Å². The molecule has 0 amide bonds. The summed E-state index contributed by atoms with van der Waals surface area (Å²) in [6.07, 6.45) is 0. The molecule has 0 aliphatic rings. The summed E-state index contributed by atoms with van der Waals surface area (Å²) in [6.45, 7) is 0. The molecule has 2 rings (SSSR count). The van der Waals surface area contributed by atoms with Crippen LogP contribution in [0.25, 0.3) is 0 Å². The van der Waals surface area contributed by atoms with Crippen molar-refractivity contribution in [2.24, 2.45) is 0 Å². The molecule has 0 heterocycles. The van der Waals surface area contributed by atoms with E-state index in [0.717, 1.165) is 0 Å². The molecule has 0 aromatic heterocycles. The van der Waals surface area contributed by atoms with Crippen LogP contribution >= 0.6 is 11.6 Å². The molecule has 0 atom stereocenters. The highest BCUT2D eigenvalue weighted by Crippen LogP contribution is 2.30. The standard InChI is InChI=1S/C14H10ClNO4/c1-20-10-7-5-9(6-8-10)14(17)11-3-2-4-12(15)13(11)16(18)19/h2-8H,1H3. The number of rotatable bonds is 4. The van der Waals surface area contributed by atoms with Gasteiger partial charge in [-0.2, -0.15) is 0 Å². The number of benzene rings is 2. The summed E-state index contributed by atoms with van der Waals surface area (Å²) in [5.74, 6) is 0.143. The first kappa shape index (κ1) is 14.0. The van der Waals surface area contributed by atoms with Gasteiger partial charge < -0.3 is 4.74 Å². The highest BCUT2D eigenvalue weighted by atomic mass is 35.5. The van der Waals surface area contributed by atoms with E-state index >= 15 is 0 Å². The molecule has 6 heteroatoms. The van der Waals surface area contributed by atoms with Crippen molar-refractivity contribution < 1.29 is 14.5 Å². The zero-order valence-corrected chi connectivity index (χ0v) is 11.3. The summed E-state index contributed by atoms with van der Waals surface area (Å²) >= 11 is 5.79. The first-order valence-electron chi connectivity index (χ1n) is 5.66. The quantitative estimate of drug-likeness (QED) is 0.491. The van der Waals surface area contributed by atoms with Crippen LogP contribution in [-0.2, 0) is 0 Å². The van der Waals surface area contributed by atoms with Gasteiger partial charge in [-0.05, 0) is 36.4 Å². The van der Waals surface area contributed by atoms with Crippen LogP contribution in [0, 0.1) is 10.1 Å². The summed E-state index contributed by atoms with van der Waals surface area (Å²) in [5, 5.41) is 11.0. The largest absolute Gasteiger partial charge is 0.497 e. The Morgan fingerprint density at radius 3 is 2.40 bits per heavy atom. The average molecular weight is 292 g/mol. The normalized spacial score (nSPS) is 10.1. The maximum absolute atomic E-state index is 12.3. The minimum atomic E-state index is -0.654. The van der Waals surface area contributed by atoms with E-state index in [9.17, 15) is 14.9 Å². The maximum atomic E-state index is 12.3. The first-order chi connectivity index (χ1) is 9.54. The van der Waals surface area contributed by atoms with Crippen LogP contribution in [-0.4, -0.2) is 17.8 Å². The van der Waals surface area contributed by atoms with E-state index in [1.54, 1.807) is 24.3 Å². The average Bonchev–Trinajstić information content (AvgIpc) is 2.46. The summed E-state index contributed by atoms with van der Waals surface area (Å²) in [5.41, 5.74) is -0.0844. The van der Waals surface area contributed by atoms with Crippen molar-refractivity contribution in [3.05, 3.63) is 68.7 Å². The fraction of sp³-hybridized carbons (Fsp3) is 0.0714. The highest BCUT2D eigenvalue weighted by molar-refractivity contribution is 6.33. The number of hydrogen-bond acceptors (Lipinski definition) is 4. The van der Waals surface area contributed by atoms with Crippen LogP contribution in [0.4, 0.5) is 5.69 Å². The Hall–Kier alpha value is -2.40. The number of ether oxygens (including phenoxy) is 1. The van der Waals surface area contributed by atoms with Gasteiger partial charge in [-0.25, -0.2) is 0 Å². The first-order valence-corrected chi connectivity index (χ1v) is 6.04. The number of ketones is 1. The lowest BCUT2D eigenvalue weighted by Gasteiger charge is -2.05. The van der Waals surface area contributed by atoms with Gasteiger partial charge >= 0.3 is 0 Å². The third kappa shape index (κ3) is 2.62. The molecule has 0 aliphatic heterocycles. The molecule has 102 valence electrons. The number of halogens is 1. The number of carbonyl (C=O) groups is 1. The number of nitro groups is 1. The van der Waals surface area contributed by atoms with E-state index in [0.29, 0.717) is 11.3 Å². The van der Waals surface area contributed by atoms with Crippen molar-refractivity contribution in [1.82, 2.24) is 0 Å². The van der Waals surface area contributed by atoms with Crippen molar-refractivity contribution in [3.63, 3.8) is 0 Å². The highest BCUT2D eigenvalue weighted by Gasteiger charge is 2.24. The Balaban J connectivity index is 2.47. The summed E-state index contributed by atoms with van der Waals surface area (Å²) in [7, 11) is 1.51. The van der Waals surface area contributed by atoms with Gasteiger partial charge in [0.05, 0.1) is 12.0 Å². The molecule has 0 unspecified atom stereocenters. The number of nitrogens with zero attached hydrogens (tertiary/aromatic N) is 1. The fourth-order valence-electron chi connectivity index (χ4n) is 1.78. The minimum absolute atomic E-state index is 0.0346. The lowest BCUT2D eigenvalue weighted by Crippen LogP contribution is -2.05. The van der Waals surface area contributed by atoms with Crippen molar-refractivity contribution in [3.8, 4) is 5.75 Å². The van der Waals surface area contributed by atoms with Gasteiger partial charge in [-0.1, -0.05) is 17.7 Å². The van der Waals surface area contributed by atoms with Crippen LogP contribution in [0.15, 0.2) is 42.5 Å². The number of nitro benzene ring substituents is 1. The Morgan fingerprint density at radius 1 is 1.20 bits per heavy atom. The predicted molar refractivity (Wildman–Crippen MR) is 74.5 cm³/mol. The molecule has 2 aromatic rings. The van der Waals surface area contributed by atoms with Gasteiger partial charge in [0.2, 0.25) is 0 Å². The third-order valence-corrected chi connectivity index (χ3v) is 3.07. The van der Waals surface area contributed by atoms with Crippen LogP contribution in [0.1, 0.15) is 15.9 Å². The Bertz CT molecular complexity index is 667. The van der Waals surface area contributed by atoms with Crippen molar-refractivity contribution in [2.75, 3.05) is 7.11 Å². The van der Waals surface area contributed by atoms with E-state index < -0.39 is 10.7 Å². The zero-order valence-electron chi connectivity index (χ0n) is 10.5. The lowest BCUT2D eigenvalue weighted by molar-refractivity contribution is -0.385. The number of para-hydroxylation sites is 1. The lowest BCUT2D eigenvalue weighted by atomic mass is 10.0. The molecule has 0 saturated carbocycles. The van der Waals surface area contributed by atoms with Gasteiger partial charge in [0.15, 0.2) is 5.78 Å². The van der Waals surface area contributed by atoms with Crippen molar-refractivity contribution >= 4 is 23.1 Å². The van der Waals surface area contributed by atoms with Gasteiger partial charge in [0.25, 0.3) is 5.69 Å². The number of carbonyl (C=O) groups excluding carboxylic acids is 1. The van der Waals surface area contributed by atoms with Gasteiger partial charge in [0, 0.05) is 5.56 Å². The summed E-state index contributed by atoms with van der Waals surface area (Å²) < 4.78 is 5.00. The molecule has 0 radical (unpaired) electrons. The van der Waals surface area contributed by atoms with E-state index in [1.165, 1.54) is 25.3 Å². The van der Waals surface area contributed by atoms with Gasteiger partial charge in [0.1, 0.15) is 16.3 Å². The second-order valence-corrected chi connectivity index (χ2v) is 4.36. The molecule has 0 fully saturated rings. The van der Waals surface area contributed by atoms with Gasteiger partial charge in [-0.3, -0.25) is 14.9 Å². The summed E-state index contributed by atoms with van der Waals surface area (Å²) in [4.78, 5) is 22.7. The molecule has 0 bridgehead atoms. The molecule has 0 saturated heterocycles.